The number of nitrogens with one attached hydrogen (secondary N) is 1. The molecule has 7 nitrogen and oxygen atoms in total. The predicted molar refractivity (Wildman–Crippen MR) is 116 cm³/mol. The molecule has 3 aromatic rings. The molecule has 1 heterocycles. The van der Waals surface area contributed by atoms with E-state index < -0.39 is 29.6 Å². The summed E-state index contributed by atoms with van der Waals surface area (Å²) >= 11 is 0. The Morgan fingerprint density at radius 1 is 1.16 bits per heavy atom. The van der Waals surface area contributed by atoms with Crippen LogP contribution >= 0.6 is 0 Å². The van der Waals surface area contributed by atoms with Crippen molar-refractivity contribution in [3.05, 3.63) is 75.6 Å². The van der Waals surface area contributed by atoms with Gasteiger partial charge < -0.3 is 19.6 Å². The summed E-state index contributed by atoms with van der Waals surface area (Å²) in [4.78, 5) is 36.2. The molecule has 0 saturated carbocycles. The van der Waals surface area contributed by atoms with Gasteiger partial charge in [-0.15, -0.1) is 0 Å². The second kappa shape index (κ2) is 9.47. The fraction of sp³-hybridized carbons (Fsp3) is 0.292. The number of fused-ring (bicyclic) bond motifs is 1. The lowest BCUT2D eigenvalue weighted by atomic mass is 10.0. The third-order valence-corrected chi connectivity index (χ3v) is 5.06. The summed E-state index contributed by atoms with van der Waals surface area (Å²) in [5, 5.41) is 12.8. The van der Waals surface area contributed by atoms with E-state index in [-0.39, 0.29) is 0 Å². The van der Waals surface area contributed by atoms with Gasteiger partial charge >= 0.3 is 11.6 Å². The number of benzene rings is 2. The second-order valence-electron chi connectivity index (χ2n) is 7.36. The number of aryl methyl sites for hydroxylation is 2. The van der Waals surface area contributed by atoms with Gasteiger partial charge in [-0.05, 0) is 43.5 Å². The minimum Gasteiger partial charge on any atom is -0.480 e. The van der Waals surface area contributed by atoms with Gasteiger partial charge in [-0.25, -0.2) is 9.59 Å². The van der Waals surface area contributed by atoms with Crippen molar-refractivity contribution in [3.63, 3.8) is 0 Å². The SMILES string of the molecule is CCCc1cc(=O)oc2c(C)c(O[C@H](C)C(=O)N[C@H](C(=O)O)c3ccccc3)ccc12. The summed E-state index contributed by atoms with van der Waals surface area (Å²) < 4.78 is 11.2. The number of carboxylic acid groups (broad SMARTS) is 1. The smallest absolute Gasteiger partial charge is 0.336 e. The average molecular weight is 423 g/mol. The zero-order valence-electron chi connectivity index (χ0n) is 17.7. The van der Waals surface area contributed by atoms with Crippen LogP contribution in [0.1, 0.15) is 43.0 Å². The van der Waals surface area contributed by atoms with E-state index in [1.54, 1.807) is 49.4 Å². The Hall–Kier alpha value is -3.61. The van der Waals surface area contributed by atoms with Crippen LogP contribution in [0.3, 0.4) is 0 Å². The lowest BCUT2D eigenvalue weighted by Gasteiger charge is -2.20. The summed E-state index contributed by atoms with van der Waals surface area (Å²) in [5.41, 5.74) is 1.96. The summed E-state index contributed by atoms with van der Waals surface area (Å²) in [7, 11) is 0. The molecule has 31 heavy (non-hydrogen) atoms. The molecule has 0 bridgehead atoms. The normalized spacial score (nSPS) is 12.9. The molecule has 0 aliphatic carbocycles. The minimum atomic E-state index is -1.19. The Bertz CT molecular complexity index is 1150. The third kappa shape index (κ3) is 4.94. The molecule has 0 saturated heterocycles. The number of aliphatic carboxylic acids is 1. The van der Waals surface area contributed by atoms with Crippen LogP contribution in [0, 0.1) is 6.92 Å². The minimum absolute atomic E-state index is 0.388. The summed E-state index contributed by atoms with van der Waals surface area (Å²) in [6.45, 7) is 5.32. The number of amides is 1. The summed E-state index contributed by atoms with van der Waals surface area (Å²) in [5.74, 6) is -1.35. The summed E-state index contributed by atoms with van der Waals surface area (Å²) in [6.07, 6.45) is 0.669. The molecule has 2 aromatic carbocycles. The monoisotopic (exact) mass is 423 g/mol. The van der Waals surface area contributed by atoms with Gasteiger partial charge in [0.05, 0.1) is 0 Å². The molecule has 2 N–H and O–H groups in total. The number of hydrogen-bond acceptors (Lipinski definition) is 5. The highest BCUT2D eigenvalue weighted by molar-refractivity contribution is 5.88. The van der Waals surface area contributed by atoms with Gasteiger partial charge in [0.15, 0.2) is 12.1 Å². The molecule has 162 valence electrons. The van der Waals surface area contributed by atoms with Crippen LogP contribution in [0.15, 0.2) is 57.7 Å². The van der Waals surface area contributed by atoms with Gasteiger partial charge in [0.2, 0.25) is 0 Å². The topological polar surface area (TPSA) is 106 Å². The van der Waals surface area contributed by atoms with E-state index in [0.29, 0.717) is 22.5 Å². The number of ether oxygens (including phenoxy) is 1. The zero-order valence-corrected chi connectivity index (χ0v) is 17.7. The molecule has 0 fully saturated rings. The highest BCUT2D eigenvalue weighted by Crippen LogP contribution is 2.29. The van der Waals surface area contributed by atoms with Crippen LogP contribution < -0.4 is 15.7 Å². The largest absolute Gasteiger partial charge is 0.480 e. The number of rotatable bonds is 8. The van der Waals surface area contributed by atoms with Crippen molar-refractivity contribution in [3.8, 4) is 5.75 Å². The Kier molecular flexibility index (Phi) is 6.74. The van der Waals surface area contributed by atoms with Crippen LogP contribution in [0.2, 0.25) is 0 Å². The van der Waals surface area contributed by atoms with Crippen molar-refractivity contribution < 1.29 is 23.8 Å². The highest BCUT2D eigenvalue weighted by Gasteiger charge is 2.26. The maximum atomic E-state index is 12.6. The van der Waals surface area contributed by atoms with Crippen molar-refractivity contribution in [2.45, 2.75) is 45.8 Å². The van der Waals surface area contributed by atoms with Crippen molar-refractivity contribution in [2.24, 2.45) is 0 Å². The van der Waals surface area contributed by atoms with Crippen LogP contribution in [0.4, 0.5) is 0 Å². The van der Waals surface area contributed by atoms with Crippen molar-refractivity contribution >= 4 is 22.8 Å². The molecule has 7 heteroatoms. The maximum Gasteiger partial charge on any atom is 0.336 e. The number of carbonyl (C=O) groups excluding carboxylic acids is 1. The third-order valence-electron chi connectivity index (χ3n) is 5.06. The van der Waals surface area contributed by atoms with E-state index in [9.17, 15) is 19.5 Å². The first-order chi connectivity index (χ1) is 14.8. The molecular formula is C24H25NO6. The van der Waals surface area contributed by atoms with Gasteiger partial charge in [0.1, 0.15) is 11.3 Å². The predicted octanol–water partition coefficient (Wildman–Crippen LogP) is 3.76. The zero-order chi connectivity index (χ0) is 22.5. The van der Waals surface area contributed by atoms with Crippen molar-refractivity contribution in [1.29, 1.82) is 0 Å². The van der Waals surface area contributed by atoms with Gasteiger partial charge in [0, 0.05) is 17.0 Å². The quantitative estimate of drug-likeness (QED) is 0.535. The molecule has 0 aliphatic rings. The maximum absolute atomic E-state index is 12.6. The lowest BCUT2D eigenvalue weighted by Crippen LogP contribution is -2.41. The van der Waals surface area contributed by atoms with Gasteiger partial charge in [0.25, 0.3) is 5.91 Å². The number of carboxylic acids is 1. The summed E-state index contributed by atoms with van der Waals surface area (Å²) in [6, 6.07) is 12.3. The molecule has 0 aliphatic heterocycles. The molecule has 2 atom stereocenters. The lowest BCUT2D eigenvalue weighted by molar-refractivity contribution is -0.143. The molecule has 0 radical (unpaired) electrons. The standard InChI is InChI=1S/C24H25NO6/c1-4-8-17-13-20(26)31-22-14(2)19(12-11-18(17)22)30-15(3)23(27)25-21(24(28)29)16-9-6-5-7-10-16/h5-7,9-13,15,21H,4,8H2,1-3H3,(H,25,27)(H,28,29)/t15-,21+/m1/s1. The van der Waals surface area contributed by atoms with Crippen LogP contribution in [0.25, 0.3) is 11.0 Å². The molecule has 0 unspecified atom stereocenters. The molecular weight excluding hydrogens is 398 g/mol. The molecule has 1 aromatic heterocycles. The van der Waals surface area contributed by atoms with Crippen molar-refractivity contribution in [2.75, 3.05) is 0 Å². The Labute approximate surface area is 179 Å². The van der Waals surface area contributed by atoms with Gasteiger partial charge in [-0.1, -0.05) is 43.7 Å². The van der Waals surface area contributed by atoms with Gasteiger partial charge in [-0.3, -0.25) is 4.79 Å². The molecule has 0 spiro atoms. The van der Waals surface area contributed by atoms with E-state index in [0.717, 1.165) is 23.8 Å². The van der Waals surface area contributed by atoms with E-state index in [1.165, 1.54) is 13.0 Å². The Morgan fingerprint density at radius 2 is 1.87 bits per heavy atom. The first-order valence-corrected chi connectivity index (χ1v) is 10.1. The highest BCUT2D eigenvalue weighted by atomic mass is 16.5. The first kappa shape index (κ1) is 22.1. The van der Waals surface area contributed by atoms with Crippen LogP contribution in [-0.2, 0) is 16.0 Å². The molecule has 3 rings (SSSR count). The van der Waals surface area contributed by atoms with E-state index in [2.05, 4.69) is 5.32 Å². The van der Waals surface area contributed by atoms with Gasteiger partial charge in [-0.2, -0.15) is 0 Å². The number of hydrogen-bond donors (Lipinski definition) is 2. The van der Waals surface area contributed by atoms with Crippen molar-refractivity contribution in [1.82, 2.24) is 5.32 Å². The fourth-order valence-corrected chi connectivity index (χ4v) is 3.45. The number of carbonyl (C=O) groups is 2. The van der Waals surface area contributed by atoms with Crippen LogP contribution in [-0.4, -0.2) is 23.1 Å². The van der Waals surface area contributed by atoms with E-state index in [4.69, 9.17) is 9.15 Å². The second-order valence-corrected chi connectivity index (χ2v) is 7.36. The fourth-order valence-electron chi connectivity index (χ4n) is 3.45. The van der Waals surface area contributed by atoms with E-state index in [1.807, 2.05) is 6.92 Å². The average Bonchev–Trinajstić information content (AvgIpc) is 2.74. The van der Waals surface area contributed by atoms with E-state index >= 15 is 0 Å². The first-order valence-electron chi connectivity index (χ1n) is 10.1. The Balaban J connectivity index is 1.83. The Morgan fingerprint density at radius 3 is 2.52 bits per heavy atom. The molecule has 1 amide bonds. The van der Waals surface area contributed by atoms with Crippen LogP contribution in [0.5, 0.6) is 5.75 Å².